The summed E-state index contributed by atoms with van der Waals surface area (Å²) in [5.74, 6) is -0.315. The van der Waals surface area contributed by atoms with Gasteiger partial charge in [0.15, 0.2) is 0 Å². The molecule has 0 fully saturated rings. The molecule has 3 aromatic carbocycles. The molecule has 0 aliphatic rings. The highest BCUT2D eigenvalue weighted by atomic mass is 16.5. The summed E-state index contributed by atoms with van der Waals surface area (Å²) in [5, 5.41) is 5.16. The van der Waals surface area contributed by atoms with Gasteiger partial charge >= 0.3 is 0 Å². The Morgan fingerprint density at radius 1 is 0.967 bits per heavy atom. The van der Waals surface area contributed by atoms with Crippen molar-refractivity contribution in [2.75, 3.05) is 32.1 Å². The highest BCUT2D eigenvalue weighted by molar-refractivity contribution is 5.95. The number of carbonyl (C=O) groups is 2. The summed E-state index contributed by atoms with van der Waals surface area (Å²) >= 11 is 0. The smallest absolute Gasteiger partial charge is 0.244 e. The quantitative estimate of drug-likeness (QED) is 0.615. The van der Waals surface area contributed by atoms with E-state index in [0.29, 0.717) is 13.2 Å². The van der Waals surface area contributed by atoms with E-state index in [-0.39, 0.29) is 24.8 Å². The topological polar surface area (TPSA) is 58.6 Å². The van der Waals surface area contributed by atoms with Crippen LogP contribution in [0.25, 0.3) is 10.8 Å². The molecule has 0 spiro atoms. The molecule has 2 amide bonds. The van der Waals surface area contributed by atoms with Gasteiger partial charge in [0, 0.05) is 19.3 Å². The van der Waals surface area contributed by atoms with Gasteiger partial charge in [-0.3, -0.25) is 9.59 Å². The van der Waals surface area contributed by atoms with Gasteiger partial charge in [-0.05, 0) is 47.4 Å². The first-order valence-electron chi connectivity index (χ1n) is 10.1. The molecule has 0 aliphatic carbocycles. The lowest BCUT2D eigenvalue weighted by molar-refractivity contribution is -0.134. The molecule has 0 aromatic heterocycles. The summed E-state index contributed by atoms with van der Waals surface area (Å²) in [4.78, 5) is 27.1. The zero-order valence-electron chi connectivity index (χ0n) is 17.8. The fourth-order valence-corrected chi connectivity index (χ4v) is 3.38. The maximum absolute atomic E-state index is 13.0. The molecule has 30 heavy (non-hydrogen) atoms. The van der Waals surface area contributed by atoms with Crippen molar-refractivity contribution < 1.29 is 14.3 Å². The maximum Gasteiger partial charge on any atom is 0.244 e. The molecule has 0 atom stereocenters. The van der Waals surface area contributed by atoms with Crippen molar-refractivity contribution in [1.29, 1.82) is 0 Å². The average molecular weight is 405 g/mol. The number of benzene rings is 3. The number of hydrogen-bond acceptors (Lipinski definition) is 3. The number of nitrogens with zero attached hydrogens (tertiary/aromatic N) is 1. The number of rotatable bonds is 8. The van der Waals surface area contributed by atoms with Crippen LogP contribution in [-0.4, -0.2) is 43.5 Å². The molecule has 0 saturated carbocycles. The first kappa shape index (κ1) is 21.5. The second-order valence-corrected chi connectivity index (χ2v) is 7.46. The molecule has 0 radical (unpaired) electrons. The van der Waals surface area contributed by atoms with Crippen molar-refractivity contribution in [3.63, 3.8) is 0 Å². The van der Waals surface area contributed by atoms with E-state index < -0.39 is 0 Å². The Morgan fingerprint density at radius 2 is 1.73 bits per heavy atom. The van der Waals surface area contributed by atoms with E-state index in [2.05, 4.69) is 5.32 Å². The van der Waals surface area contributed by atoms with E-state index in [1.165, 1.54) is 0 Å². The minimum absolute atomic E-state index is 0.0108. The Labute approximate surface area is 177 Å². The molecule has 0 aliphatic heterocycles. The first-order chi connectivity index (χ1) is 14.5. The van der Waals surface area contributed by atoms with Crippen LogP contribution < -0.4 is 5.32 Å². The molecule has 5 nitrogen and oxygen atoms in total. The van der Waals surface area contributed by atoms with E-state index in [0.717, 1.165) is 33.2 Å². The zero-order valence-corrected chi connectivity index (χ0v) is 17.8. The lowest BCUT2D eigenvalue weighted by atomic mass is 10.0. The molecule has 5 heteroatoms. The number of hydrogen-bond donors (Lipinski definition) is 1. The summed E-state index contributed by atoms with van der Waals surface area (Å²) in [6.07, 6.45) is 0.241. The molecule has 0 saturated heterocycles. The van der Waals surface area contributed by atoms with Gasteiger partial charge in [0.1, 0.15) is 0 Å². The Hall–Kier alpha value is -3.18. The van der Waals surface area contributed by atoms with Crippen molar-refractivity contribution in [2.45, 2.75) is 20.3 Å². The maximum atomic E-state index is 13.0. The zero-order chi connectivity index (χ0) is 21.5. The molecular formula is C25H28N2O3. The van der Waals surface area contributed by atoms with Crippen LogP contribution in [0.4, 0.5) is 5.69 Å². The second-order valence-electron chi connectivity index (χ2n) is 7.46. The number of aryl methyl sites for hydroxylation is 1. The van der Waals surface area contributed by atoms with E-state index in [1.54, 1.807) is 12.0 Å². The van der Waals surface area contributed by atoms with Crippen LogP contribution in [0, 0.1) is 13.8 Å². The number of methoxy groups -OCH3 is 1. The van der Waals surface area contributed by atoms with Crippen LogP contribution in [-0.2, 0) is 20.7 Å². The highest BCUT2D eigenvalue weighted by Gasteiger charge is 2.18. The second kappa shape index (κ2) is 10.0. The van der Waals surface area contributed by atoms with E-state index in [1.807, 2.05) is 74.5 Å². The van der Waals surface area contributed by atoms with Crippen LogP contribution in [0.15, 0.2) is 60.7 Å². The van der Waals surface area contributed by atoms with Crippen molar-refractivity contribution in [1.82, 2.24) is 4.90 Å². The largest absolute Gasteiger partial charge is 0.383 e. The third-order valence-electron chi connectivity index (χ3n) is 5.30. The molecular weight excluding hydrogens is 376 g/mol. The summed E-state index contributed by atoms with van der Waals surface area (Å²) in [5.41, 5.74) is 3.83. The van der Waals surface area contributed by atoms with Crippen molar-refractivity contribution in [2.24, 2.45) is 0 Å². The van der Waals surface area contributed by atoms with Gasteiger partial charge < -0.3 is 15.0 Å². The monoisotopic (exact) mass is 404 g/mol. The number of carbonyl (C=O) groups excluding carboxylic acids is 2. The molecule has 3 aromatic rings. The van der Waals surface area contributed by atoms with E-state index in [4.69, 9.17) is 4.74 Å². The van der Waals surface area contributed by atoms with E-state index >= 15 is 0 Å². The first-order valence-corrected chi connectivity index (χ1v) is 10.1. The summed E-state index contributed by atoms with van der Waals surface area (Å²) in [7, 11) is 1.59. The Kier molecular flexibility index (Phi) is 7.20. The number of nitrogens with one attached hydrogen (secondary N) is 1. The molecule has 0 bridgehead atoms. The SMILES string of the molecule is COCCN(CC(=O)Nc1cccc(C)c1C)C(=O)Cc1ccc2ccccc2c1. The molecule has 156 valence electrons. The standard InChI is InChI=1S/C25H28N2O3/c1-18-7-6-10-23(19(18)2)26-24(28)17-27(13-14-30-3)25(29)16-20-11-12-21-8-4-5-9-22(21)15-20/h4-12,15H,13-14,16-17H2,1-3H3,(H,26,28). The van der Waals surface area contributed by atoms with Gasteiger partial charge in [0.05, 0.1) is 19.6 Å². The third-order valence-corrected chi connectivity index (χ3v) is 5.30. The summed E-state index contributed by atoms with van der Waals surface area (Å²) in [6.45, 7) is 4.70. The van der Waals surface area contributed by atoms with Crippen molar-refractivity contribution in [3.8, 4) is 0 Å². The summed E-state index contributed by atoms with van der Waals surface area (Å²) in [6, 6.07) is 19.8. The van der Waals surface area contributed by atoms with Crippen LogP contribution in [0.3, 0.4) is 0 Å². The molecule has 0 unspecified atom stereocenters. The average Bonchev–Trinajstić information content (AvgIpc) is 2.74. The van der Waals surface area contributed by atoms with Gasteiger partial charge in [0.2, 0.25) is 11.8 Å². The number of amides is 2. The van der Waals surface area contributed by atoms with Crippen LogP contribution in [0.5, 0.6) is 0 Å². The van der Waals surface area contributed by atoms with Gasteiger partial charge in [0.25, 0.3) is 0 Å². The van der Waals surface area contributed by atoms with Crippen LogP contribution in [0.2, 0.25) is 0 Å². The Morgan fingerprint density at radius 3 is 2.50 bits per heavy atom. The van der Waals surface area contributed by atoms with Gasteiger partial charge in [-0.1, -0.05) is 54.6 Å². The van der Waals surface area contributed by atoms with Gasteiger partial charge in [-0.15, -0.1) is 0 Å². The minimum Gasteiger partial charge on any atom is -0.383 e. The minimum atomic E-state index is -0.216. The molecule has 0 heterocycles. The lowest BCUT2D eigenvalue weighted by Gasteiger charge is -2.22. The normalized spacial score (nSPS) is 10.8. The van der Waals surface area contributed by atoms with Crippen LogP contribution >= 0.6 is 0 Å². The molecule has 3 rings (SSSR count). The van der Waals surface area contributed by atoms with Crippen molar-refractivity contribution in [3.05, 3.63) is 77.4 Å². The fraction of sp³-hybridized carbons (Fsp3) is 0.280. The van der Waals surface area contributed by atoms with Gasteiger partial charge in [-0.2, -0.15) is 0 Å². The summed E-state index contributed by atoms with van der Waals surface area (Å²) < 4.78 is 5.14. The molecule has 1 N–H and O–H groups in total. The van der Waals surface area contributed by atoms with Crippen LogP contribution in [0.1, 0.15) is 16.7 Å². The van der Waals surface area contributed by atoms with E-state index in [9.17, 15) is 9.59 Å². The van der Waals surface area contributed by atoms with Crippen molar-refractivity contribution >= 4 is 28.3 Å². The third kappa shape index (κ3) is 5.45. The predicted octanol–water partition coefficient (Wildman–Crippen LogP) is 4.11. The Bertz CT molecular complexity index is 1050. The number of fused-ring (bicyclic) bond motifs is 1. The fourth-order valence-electron chi connectivity index (χ4n) is 3.38. The highest BCUT2D eigenvalue weighted by Crippen LogP contribution is 2.18. The van der Waals surface area contributed by atoms with Gasteiger partial charge in [-0.25, -0.2) is 0 Å². The predicted molar refractivity (Wildman–Crippen MR) is 121 cm³/mol. The number of anilines is 1. The Balaban J connectivity index is 1.69. The number of ether oxygens (including phenoxy) is 1. The lowest BCUT2D eigenvalue weighted by Crippen LogP contribution is -2.40.